The second-order valence-corrected chi connectivity index (χ2v) is 5.75. The van der Waals surface area contributed by atoms with Crippen LogP contribution in [0.2, 0.25) is 0 Å². The molecule has 0 N–H and O–H groups in total. The van der Waals surface area contributed by atoms with Crippen LogP contribution in [-0.2, 0) is 0 Å². The number of fused-ring (bicyclic) bond motifs is 1. The van der Waals surface area contributed by atoms with Crippen molar-refractivity contribution in [2.24, 2.45) is 0 Å². The Bertz CT molecular complexity index is 509. The number of Topliss-reactive ketones (excluding diaryl/α,β-unsaturated/α-hetero) is 1. The van der Waals surface area contributed by atoms with E-state index in [0.717, 1.165) is 34.4 Å². The van der Waals surface area contributed by atoms with Crippen molar-refractivity contribution in [2.45, 2.75) is 33.7 Å². The van der Waals surface area contributed by atoms with E-state index in [1.807, 2.05) is 19.9 Å². The van der Waals surface area contributed by atoms with Gasteiger partial charge >= 0.3 is 0 Å². The zero-order valence-electron chi connectivity index (χ0n) is 11.9. The van der Waals surface area contributed by atoms with Gasteiger partial charge in [-0.15, -0.1) is 0 Å². The summed E-state index contributed by atoms with van der Waals surface area (Å²) in [4.78, 5) is 14.8. The van der Waals surface area contributed by atoms with E-state index in [2.05, 4.69) is 34.7 Å². The molecule has 3 nitrogen and oxygen atoms in total. The number of carbonyl (C=O) groups excluding carboxylic acids is 1. The molecule has 0 fully saturated rings. The molecule has 0 saturated heterocycles. The summed E-state index contributed by atoms with van der Waals surface area (Å²) >= 11 is 3.52. The third-order valence-corrected chi connectivity index (χ3v) is 4.81. The first kappa shape index (κ1) is 14.5. The fourth-order valence-corrected chi connectivity index (χ4v) is 3.10. The highest BCUT2D eigenvalue weighted by Gasteiger charge is 2.33. The lowest BCUT2D eigenvalue weighted by Gasteiger charge is -2.33. The van der Waals surface area contributed by atoms with Gasteiger partial charge in [0.15, 0.2) is 5.78 Å². The Morgan fingerprint density at radius 1 is 1.32 bits per heavy atom. The molecule has 1 aliphatic rings. The molecule has 104 valence electrons. The number of hydrogen-bond donors (Lipinski definition) is 0. The highest BCUT2D eigenvalue weighted by atomic mass is 79.9. The zero-order valence-corrected chi connectivity index (χ0v) is 13.5. The molecule has 1 aromatic carbocycles. The number of nitrogens with zero attached hydrogens (tertiary/aromatic N) is 1. The largest absolute Gasteiger partial charge is 0.490 e. The lowest BCUT2D eigenvalue weighted by Crippen LogP contribution is -2.47. The van der Waals surface area contributed by atoms with Gasteiger partial charge in [-0.05, 0) is 44.1 Å². The average Bonchev–Trinajstić information content (AvgIpc) is 2.41. The van der Waals surface area contributed by atoms with Gasteiger partial charge in [0, 0.05) is 4.47 Å². The molecule has 1 heterocycles. The Kier molecular flexibility index (Phi) is 4.31. The molecule has 1 aromatic rings. The third-order valence-electron chi connectivity index (χ3n) is 3.98. The Balaban J connectivity index is 2.44. The fraction of sp³-hybridized carbons (Fsp3) is 0.533. The zero-order chi connectivity index (χ0) is 14.2. The molecule has 1 atom stereocenters. The van der Waals surface area contributed by atoms with E-state index < -0.39 is 0 Å². The molecular formula is C15H20BrNO2. The topological polar surface area (TPSA) is 29.5 Å². The first-order valence-corrected chi connectivity index (χ1v) is 7.51. The predicted octanol–water partition coefficient (Wildman–Crippen LogP) is 3.35. The van der Waals surface area contributed by atoms with Gasteiger partial charge in [0.1, 0.15) is 18.4 Å². The van der Waals surface area contributed by atoms with E-state index in [4.69, 9.17) is 4.74 Å². The fourth-order valence-electron chi connectivity index (χ4n) is 2.57. The van der Waals surface area contributed by atoms with Gasteiger partial charge in [0.25, 0.3) is 0 Å². The summed E-state index contributed by atoms with van der Waals surface area (Å²) in [7, 11) is 0. The lowest BCUT2D eigenvalue weighted by molar-refractivity contribution is 0.0690. The molecule has 0 unspecified atom stereocenters. The second kappa shape index (κ2) is 5.63. The molecule has 0 saturated carbocycles. The number of halogens is 1. The molecule has 4 heteroatoms. The molecule has 19 heavy (non-hydrogen) atoms. The standard InChI is InChI=1S/C15H20BrNO2/c1-5-17(6-2)13-8-19-15-10(4)9(3)12(16)7-11(15)14(13)18/h7,13H,5-6,8H2,1-4H3/t13-/m0/s1. The Hall–Kier alpha value is -0.870. The minimum Gasteiger partial charge on any atom is -0.490 e. The van der Waals surface area contributed by atoms with E-state index in [1.54, 1.807) is 0 Å². The normalized spacial score (nSPS) is 18.4. The summed E-state index contributed by atoms with van der Waals surface area (Å²) in [6, 6.07) is 1.74. The van der Waals surface area contributed by atoms with Gasteiger partial charge in [-0.3, -0.25) is 9.69 Å². The van der Waals surface area contributed by atoms with Gasteiger partial charge in [0.05, 0.1) is 5.56 Å². The summed E-state index contributed by atoms with van der Waals surface area (Å²) < 4.78 is 6.85. The first-order chi connectivity index (χ1) is 9.01. The van der Waals surface area contributed by atoms with Gasteiger partial charge in [-0.2, -0.15) is 0 Å². The number of ketones is 1. The smallest absolute Gasteiger partial charge is 0.187 e. The van der Waals surface area contributed by atoms with Crippen molar-refractivity contribution < 1.29 is 9.53 Å². The average molecular weight is 326 g/mol. The number of ether oxygens (including phenoxy) is 1. The molecule has 0 spiro atoms. The molecule has 2 rings (SSSR count). The highest BCUT2D eigenvalue weighted by molar-refractivity contribution is 9.10. The second-order valence-electron chi connectivity index (χ2n) is 4.90. The Labute approximate surface area is 123 Å². The number of rotatable bonds is 3. The molecule has 0 aromatic heterocycles. The maximum Gasteiger partial charge on any atom is 0.187 e. The van der Waals surface area contributed by atoms with Crippen LogP contribution in [0.1, 0.15) is 35.3 Å². The molecular weight excluding hydrogens is 306 g/mol. The van der Waals surface area contributed by atoms with Crippen molar-refractivity contribution in [3.63, 3.8) is 0 Å². The van der Waals surface area contributed by atoms with E-state index in [-0.39, 0.29) is 11.8 Å². The van der Waals surface area contributed by atoms with Gasteiger partial charge in [0.2, 0.25) is 0 Å². The van der Waals surface area contributed by atoms with Crippen LogP contribution in [0.5, 0.6) is 5.75 Å². The number of hydrogen-bond acceptors (Lipinski definition) is 3. The van der Waals surface area contributed by atoms with Crippen LogP contribution >= 0.6 is 15.9 Å². The quantitative estimate of drug-likeness (QED) is 0.853. The van der Waals surface area contributed by atoms with Gasteiger partial charge < -0.3 is 4.74 Å². The van der Waals surface area contributed by atoms with Crippen molar-refractivity contribution in [3.8, 4) is 5.75 Å². The van der Waals surface area contributed by atoms with Crippen LogP contribution in [0.25, 0.3) is 0 Å². The van der Waals surface area contributed by atoms with Gasteiger partial charge in [-0.25, -0.2) is 0 Å². The van der Waals surface area contributed by atoms with Crippen molar-refractivity contribution in [1.29, 1.82) is 0 Å². The SMILES string of the molecule is CCN(CC)[C@H]1COc2c(cc(Br)c(C)c2C)C1=O. The van der Waals surface area contributed by atoms with E-state index >= 15 is 0 Å². The van der Waals surface area contributed by atoms with Crippen molar-refractivity contribution in [1.82, 2.24) is 4.90 Å². The summed E-state index contributed by atoms with van der Waals surface area (Å²) in [5.74, 6) is 0.933. The highest BCUT2D eigenvalue weighted by Crippen LogP contribution is 2.35. The van der Waals surface area contributed by atoms with Crippen molar-refractivity contribution >= 4 is 21.7 Å². The van der Waals surface area contributed by atoms with E-state index in [9.17, 15) is 4.79 Å². The summed E-state index contributed by atoms with van der Waals surface area (Å²) in [6.45, 7) is 10.4. The lowest BCUT2D eigenvalue weighted by atomic mass is 9.95. The van der Waals surface area contributed by atoms with Crippen molar-refractivity contribution in [2.75, 3.05) is 19.7 Å². The minimum atomic E-state index is -0.156. The molecule has 0 bridgehead atoms. The summed E-state index contributed by atoms with van der Waals surface area (Å²) in [6.07, 6.45) is 0. The molecule has 0 radical (unpaired) electrons. The summed E-state index contributed by atoms with van der Waals surface area (Å²) in [5, 5.41) is 0. The van der Waals surface area contributed by atoms with E-state index in [1.165, 1.54) is 0 Å². The van der Waals surface area contributed by atoms with Crippen LogP contribution < -0.4 is 4.74 Å². The maximum atomic E-state index is 12.6. The number of likely N-dealkylation sites (N-methyl/N-ethyl adjacent to an activating group) is 1. The number of carbonyl (C=O) groups is 1. The van der Waals surface area contributed by atoms with Crippen LogP contribution in [0, 0.1) is 13.8 Å². The summed E-state index contributed by atoms with van der Waals surface area (Å²) in [5.41, 5.74) is 2.89. The maximum absolute atomic E-state index is 12.6. The number of benzene rings is 1. The van der Waals surface area contributed by atoms with Crippen LogP contribution in [0.15, 0.2) is 10.5 Å². The van der Waals surface area contributed by atoms with E-state index in [0.29, 0.717) is 12.2 Å². The monoisotopic (exact) mass is 325 g/mol. The first-order valence-electron chi connectivity index (χ1n) is 6.72. The van der Waals surface area contributed by atoms with Crippen LogP contribution in [-0.4, -0.2) is 36.4 Å². The minimum absolute atomic E-state index is 0.156. The van der Waals surface area contributed by atoms with Crippen molar-refractivity contribution in [3.05, 3.63) is 27.2 Å². The Morgan fingerprint density at radius 2 is 1.95 bits per heavy atom. The molecule has 0 aliphatic carbocycles. The predicted molar refractivity (Wildman–Crippen MR) is 80.2 cm³/mol. The Morgan fingerprint density at radius 3 is 2.53 bits per heavy atom. The molecule has 0 amide bonds. The third kappa shape index (κ3) is 2.43. The van der Waals surface area contributed by atoms with Gasteiger partial charge in [-0.1, -0.05) is 29.8 Å². The van der Waals surface area contributed by atoms with Crippen LogP contribution in [0.3, 0.4) is 0 Å². The molecule has 1 aliphatic heterocycles. The van der Waals surface area contributed by atoms with Crippen LogP contribution in [0.4, 0.5) is 0 Å².